The van der Waals surface area contributed by atoms with Crippen molar-refractivity contribution in [2.45, 2.75) is 13.8 Å². The standard InChI is InChI=1S/C8H16N2O2S/c1-3-10(4-2)6-8-13(11,12)7-5-9/h3-4,6-8H2,1-2H3. The van der Waals surface area contributed by atoms with Gasteiger partial charge in [0.15, 0.2) is 9.84 Å². The minimum atomic E-state index is -3.15. The molecule has 4 nitrogen and oxygen atoms in total. The zero-order valence-corrected chi connectivity index (χ0v) is 8.97. The molecule has 0 spiro atoms. The van der Waals surface area contributed by atoms with E-state index in [1.807, 2.05) is 18.7 Å². The van der Waals surface area contributed by atoms with Crippen LogP contribution >= 0.6 is 0 Å². The smallest absolute Gasteiger partial charge is 0.164 e. The van der Waals surface area contributed by atoms with Crippen LogP contribution in [0.2, 0.25) is 0 Å². The number of nitrogens with zero attached hydrogens (tertiary/aromatic N) is 2. The molecule has 13 heavy (non-hydrogen) atoms. The molecule has 0 aromatic heterocycles. The molecular weight excluding hydrogens is 188 g/mol. The van der Waals surface area contributed by atoms with Gasteiger partial charge in [-0.2, -0.15) is 5.26 Å². The summed E-state index contributed by atoms with van der Waals surface area (Å²) < 4.78 is 22.2. The lowest BCUT2D eigenvalue weighted by atomic mass is 10.5. The maximum Gasteiger partial charge on any atom is 0.164 e. The molecule has 0 amide bonds. The molecule has 0 unspecified atom stereocenters. The fraction of sp³-hybridized carbons (Fsp3) is 0.875. The van der Waals surface area contributed by atoms with Crippen molar-refractivity contribution < 1.29 is 8.42 Å². The zero-order valence-electron chi connectivity index (χ0n) is 8.15. The summed E-state index contributed by atoms with van der Waals surface area (Å²) in [4.78, 5) is 2.02. The van der Waals surface area contributed by atoms with Gasteiger partial charge in [0.2, 0.25) is 0 Å². The van der Waals surface area contributed by atoms with Crippen LogP contribution < -0.4 is 0 Å². The van der Waals surface area contributed by atoms with E-state index in [0.29, 0.717) is 6.54 Å². The van der Waals surface area contributed by atoms with Gasteiger partial charge in [0.05, 0.1) is 11.8 Å². The third-order valence-electron chi connectivity index (χ3n) is 1.90. The molecule has 0 radical (unpaired) electrons. The summed E-state index contributed by atoms with van der Waals surface area (Å²) in [6, 6.07) is 1.66. The first-order valence-corrected chi connectivity index (χ1v) is 6.17. The molecule has 5 heteroatoms. The van der Waals surface area contributed by atoms with Crippen LogP contribution in [0.4, 0.5) is 0 Å². The van der Waals surface area contributed by atoms with Crippen LogP contribution in [0.3, 0.4) is 0 Å². The Labute approximate surface area is 80.1 Å². The predicted octanol–water partition coefficient (Wildman–Crippen LogP) is 0.267. The lowest BCUT2D eigenvalue weighted by molar-refractivity contribution is 0.322. The van der Waals surface area contributed by atoms with Crippen LogP contribution in [-0.2, 0) is 9.84 Å². The van der Waals surface area contributed by atoms with Crippen LogP contribution in [0.15, 0.2) is 0 Å². The SMILES string of the molecule is CCN(CC)CCS(=O)(=O)CC#N. The Morgan fingerprint density at radius 3 is 2.23 bits per heavy atom. The summed E-state index contributed by atoms with van der Waals surface area (Å²) in [7, 11) is -3.15. The van der Waals surface area contributed by atoms with Gasteiger partial charge >= 0.3 is 0 Å². The van der Waals surface area contributed by atoms with Gasteiger partial charge in [0, 0.05) is 6.54 Å². The minimum absolute atomic E-state index is 0.0856. The Bertz CT molecular complexity index is 262. The molecule has 0 aromatic carbocycles. The van der Waals surface area contributed by atoms with E-state index in [2.05, 4.69) is 0 Å². The minimum Gasteiger partial charge on any atom is -0.303 e. The largest absolute Gasteiger partial charge is 0.303 e. The second-order valence-corrected chi connectivity index (χ2v) is 4.96. The fourth-order valence-electron chi connectivity index (χ4n) is 0.979. The monoisotopic (exact) mass is 204 g/mol. The summed E-state index contributed by atoms with van der Waals surface area (Å²) in [5.41, 5.74) is 0. The van der Waals surface area contributed by atoms with E-state index >= 15 is 0 Å². The first kappa shape index (κ1) is 12.4. The Kier molecular flexibility index (Phi) is 5.67. The molecule has 0 aromatic rings. The quantitative estimate of drug-likeness (QED) is 0.623. The lowest BCUT2D eigenvalue weighted by Gasteiger charge is -2.16. The topological polar surface area (TPSA) is 61.2 Å². The number of rotatable bonds is 6. The van der Waals surface area contributed by atoms with Crippen LogP contribution in [0.25, 0.3) is 0 Å². The van der Waals surface area contributed by atoms with Crippen molar-refractivity contribution in [3.05, 3.63) is 0 Å². The highest BCUT2D eigenvalue weighted by atomic mass is 32.2. The molecule has 0 saturated heterocycles. The van der Waals surface area contributed by atoms with Gasteiger partial charge in [0.25, 0.3) is 0 Å². The van der Waals surface area contributed by atoms with Crippen molar-refractivity contribution in [2.24, 2.45) is 0 Å². The molecule has 0 rings (SSSR count). The first-order chi connectivity index (χ1) is 6.05. The number of hydrogen-bond acceptors (Lipinski definition) is 4. The predicted molar refractivity (Wildman–Crippen MR) is 52.1 cm³/mol. The third kappa shape index (κ3) is 5.61. The maximum atomic E-state index is 11.1. The van der Waals surface area contributed by atoms with Crippen molar-refractivity contribution in [1.82, 2.24) is 4.90 Å². The highest BCUT2D eigenvalue weighted by molar-refractivity contribution is 7.91. The molecule has 0 aliphatic heterocycles. The van der Waals surface area contributed by atoms with Gasteiger partial charge < -0.3 is 4.90 Å². The molecule has 0 heterocycles. The molecular formula is C8H16N2O2S. The van der Waals surface area contributed by atoms with E-state index in [-0.39, 0.29) is 11.5 Å². The molecule has 0 saturated carbocycles. The molecule has 76 valence electrons. The van der Waals surface area contributed by atoms with Crippen molar-refractivity contribution in [1.29, 1.82) is 5.26 Å². The van der Waals surface area contributed by atoms with E-state index in [4.69, 9.17) is 5.26 Å². The summed E-state index contributed by atoms with van der Waals surface area (Å²) in [5, 5.41) is 8.24. The normalized spacial score (nSPS) is 11.5. The Hall–Kier alpha value is -0.600. The second-order valence-electron chi connectivity index (χ2n) is 2.78. The summed E-state index contributed by atoms with van der Waals surface area (Å²) in [5.74, 6) is -0.281. The number of nitriles is 1. The van der Waals surface area contributed by atoms with Crippen LogP contribution in [0.5, 0.6) is 0 Å². The van der Waals surface area contributed by atoms with E-state index in [9.17, 15) is 8.42 Å². The van der Waals surface area contributed by atoms with Crippen molar-refractivity contribution in [3.8, 4) is 6.07 Å². The lowest BCUT2D eigenvalue weighted by Crippen LogP contribution is -2.29. The fourth-order valence-corrected chi connectivity index (χ4v) is 1.86. The van der Waals surface area contributed by atoms with Gasteiger partial charge in [-0.25, -0.2) is 8.42 Å². The molecule has 0 N–H and O–H groups in total. The summed E-state index contributed by atoms with van der Waals surface area (Å²) in [6.45, 7) is 6.19. The molecule has 0 bridgehead atoms. The van der Waals surface area contributed by atoms with E-state index in [1.165, 1.54) is 0 Å². The van der Waals surface area contributed by atoms with Gasteiger partial charge in [-0.1, -0.05) is 13.8 Å². The summed E-state index contributed by atoms with van der Waals surface area (Å²) >= 11 is 0. The van der Waals surface area contributed by atoms with Crippen LogP contribution in [0.1, 0.15) is 13.8 Å². The van der Waals surface area contributed by atoms with E-state index in [0.717, 1.165) is 13.1 Å². The Balaban J connectivity index is 3.95. The van der Waals surface area contributed by atoms with E-state index in [1.54, 1.807) is 6.07 Å². The summed E-state index contributed by atoms with van der Waals surface area (Å²) in [6.07, 6.45) is 0. The van der Waals surface area contributed by atoms with Crippen LogP contribution in [-0.4, -0.2) is 44.5 Å². The maximum absolute atomic E-state index is 11.1. The van der Waals surface area contributed by atoms with E-state index < -0.39 is 9.84 Å². The molecule has 0 aliphatic rings. The van der Waals surface area contributed by atoms with Crippen molar-refractivity contribution in [2.75, 3.05) is 31.1 Å². The Morgan fingerprint density at radius 1 is 1.31 bits per heavy atom. The second kappa shape index (κ2) is 5.95. The van der Waals surface area contributed by atoms with Crippen LogP contribution in [0, 0.1) is 11.3 Å². The highest BCUT2D eigenvalue weighted by Crippen LogP contribution is 1.93. The Morgan fingerprint density at radius 2 is 1.85 bits per heavy atom. The van der Waals surface area contributed by atoms with Crippen molar-refractivity contribution >= 4 is 9.84 Å². The van der Waals surface area contributed by atoms with Crippen molar-refractivity contribution in [3.63, 3.8) is 0 Å². The zero-order chi connectivity index (χ0) is 10.3. The van der Waals surface area contributed by atoms with Gasteiger partial charge in [0.1, 0.15) is 5.75 Å². The third-order valence-corrected chi connectivity index (χ3v) is 3.27. The first-order valence-electron chi connectivity index (χ1n) is 4.35. The van der Waals surface area contributed by atoms with Gasteiger partial charge in [-0.3, -0.25) is 0 Å². The highest BCUT2D eigenvalue weighted by Gasteiger charge is 2.11. The molecule has 0 aliphatic carbocycles. The molecule has 0 atom stereocenters. The number of sulfone groups is 1. The number of hydrogen-bond donors (Lipinski definition) is 0. The van der Waals surface area contributed by atoms with Gasteiger partial charge in [-0.15, -0.1) is 0 Å². The average Bonchev–Trinajstić information content (AvgIpc) is 2.06. The van der Waals surface area contributed by atoms with Gasteiger partial charge in [-0.05, 0) is 13.1 Å². The molecule has 0 fully saturated rings. The average molecular weight is 204 g/mol.